The third-order valence-electron chi connectivity index (χ3n) is 3.50. The van der Waals surface area contributed by atoms with Gasteiger partial charge in [0.05, 0.1) is 4.92 Å². The summed E-state index contributed by atoms with van der Waals surface area (Å²) in [5.41, 5.74) is 2.35. The molecule has 24 heavy (non-hydrogen) atoms. The Balaban J connectivity index is 1.76. The SMILES string of the molecule is Cc1cc([N+](=O)[O-])ccc1C(=O)Nc1ccc(-c2ncn[nH]2)cc1. The van der Waals surface area contributed by atoms with E-state index in [0.717, 1.165) is 5.56 Å². The normalized spacial score (nSPS) is 10.4. The highest BCUT2D eigenvalue weighted by atomic mass is 16.6. The maximum absolute atomic E-state index is 12.3. The third kappa shape index (κ3) is 3.12. The number of aromatic amines is 1. The number of nitrogens with zero attached hydrogens (tertiary/aromatic N) is 3. The van der Waals surface area contributed by atoms with Crippen molar-refractivity contribution in [3.8, 4) is 11.4 Å². The molecular formula is C16H13N5O3. The van der Waals surface area contributed by atoms with Crippen molar-refractivity contribution in [3.63, 3.8) is 0 Å². The second kappa shape index (κ2) is 6.29. The summed E-state index contributed by atoms with van der Waals surface area (Å²) in [6.45, 7) is 1.66. The summed E-state index contributed by atoms with van der Waals surface area (Å²) in [4.78, 5) is 26.6. The van der Waals surface area contributed by atoms with Crippen LogP contribution >= 0.6 is 0 Å². The molecule has 0 radical (unpaired) electrons. The van der Waals surface area contributed by atoms with Crippen LogP contribution in [-0.2, 0) is 0 Å². The van der Waals surface area contributed by atoms with Crippen LogP contribution in [-0.4, -0.2) is 26.0 Å². The molecule has 8 nitrogen and oxygen atoms in total. The van der Waals surface area contributed by atoms with Gasteiger partial charge < -0.3 is 5.32 Å². The minimum absolute atomic E-state index is 0.0412. The van der Waals surface area contributed by atoms with Crippen LogP contribution in [0.3, 0.4) is 0 Å². The van der Waals surface area contributed by atoms with E-state index in [4.69, 9.17) is 0 Å². The van der Waals surface area contributed by atoms with Crippen LogP contribution < -0.4 is 5.32 Å². The number of nitro groups is 1. The van der Waals surface area contributed by atoms with Crippen molar-refractivity contribution in [2.45, 2.75) is 6.92 Å². The Morgan fingerprint density at radius 1 is 1.21 bits per heavy atom. The zero-order valence-electron chi connectivity index (χ0n) is 12.7. The van der Waals surface area contributed by atoms with Crippen LogP contribution in [0.4, 0.5) is 11.4 Å². The number of anilines is 1. The Bertz CT molecular complexity index is 889. The van der Waals surface area contributed by atoms with Gasteiger partial charge in [-0.2, -0.15) is 5.10 Å². The van der Waals surface area contributed by atoms with Gasteiger partial charge in [-0.15, -0.1) is 0 Å². The van der Waals surface area contributed by atoms with Crippen molar-refractivity contribution >= 4 is 17.3 Å². The molecule has 0 aliphatic rings. The molecule has 0 unspecified atom stereocenters. The molecule has 0 bridgehead atoms. The average molecular weight is 323 g/mol. The number of rotatable bonds is 4. The molecule has 3 aromatic rings. The topological polar surface area (TPSA) is 114 Å². The molecule has 0 spiro atoms. The van der Waals surface area contributed by atoms with E-state index in [-0.39, 0.29) is 11.6 Å². The van der Waals surface area contributed by atoms with Crippen molar-refractivity contribution in [1.82, 2.24) is 15.2 Å². The quantitative estimate of drug-likeness (QED) is 0.566. The van der Waals surface area contributed by atoms with Gasteiger partial charge in [0.15, 0.2) is 5.82 Å². The van der Waals surface area contributed by atoms with Crippen LogP contribution in [0.2, 0.25) is 0 Å². The lowest BCUT2D eigenvalue weighted by atomic mass is 10.1. The molecule has 0 fully saturated rings. The van der Waals surface area contributed by atoms with Gasteiger partial charge in [-0.3, -0.25) is 20.0 Å². The Kier molecular flexibility index (Phi) is 4.02. The molecule has 120 valence electrons. The second-order valence-electron chi connectivity index (χ2n) is 5.12. The average Bonchev–Trinajstić information content (AvgIpc) is 3.09. The van der Waals surface area contributed by atoms with Crippen molar-refractivity contribution in [2.75, 3.05) is 5.32 Å². The van der Waals surface area contributed by atoms with Gasteiger partial charge in [0.1, 0.15) is 6.33 Å². The van der Waals surface area contributed by atoms with E-state index in [1.807, 2.05) is 0 Å². The zero-order chi connectivity index (χ0) is 17.1. The fourth-order valence-electron chi connectivity index (χ4n) is 2.27. The molecule has 3 rings (SSSR count). The molecular weight excluding hydrogens is 310 g/mol. The zero-order valence-corrected chi connectivity index (χ0v) is 12.7. The first-order chi connectivity index (χ1) is 11.5. The Labute approximate surface area is 136 Å². The molecule has 1 amide bonds. The number of carbonyl (C=O) groups excluding carboxylic acids is 1. The summed E-state index contributed by atoms with van der Waals surface area (Å²) in [5.74, 6) is 0.314. The molecule has 1 aromatic heterocycles. The first-order valence-corrected chi connectivity index (χ1v) is 7.07. The number of hydrogen-bond donors (Lipinski definition) is 2. The van der Waals surface area contributed by atoms with Crippen molar-refractivity contribution in [1.29, 1.82) is 0 Å². The number of aryl methyl sites for hydroxylation is 1. The summed E-state index contributed by atoms with van der Waals surface area (Å²) < 4.78 is 0. The predicted molar refractivity (Wildman–Crippen MR) is 87.6 cm³/mol. The minimum Gasteiger partial charge on any atom is -0.322 e. The van der Waals surface area contributed by atoms with Crippen LogP contribution in [0, 0.1) is 17.0 Å². The largest absolute Gasteiger partial charge is 0.322 e. The molecule has 0 atom stereocenters. The lowest BCUT2D eigenvalue weighted by Crippen LogP contribution is -2.13. The number of benzene rings is 2. The number of amides is 1. The highest BCUT2D eigenvalue weighted by Gasteiger charge is 2.13. The highest BCUT2D eigenvalue weighted by molar-refractivity contribution is 6.05. The van der Waals surface area contributed by atoms with E-state index >= 15 is 0 Å². The molecule has 0 aliphatic carbocycles. The van der Waals surface area contributed by atoms with E-state index in [1.54, 1.807) is 31.2 Å². The summed E-state index contributed by atoms with van der Waals surface area (Å²) in [6, 6.07) is 11.2. The van der Waals surface area contributed by atoms with Crippen molar-refractivity contribution < 1.29 is 9.72 Å². The summed E-state index contributed by atoms with van der Waals surface area (Å²) in [7, 11) is 0. The number of hydrogen-bond acceptors (Lipinski definition) is 5. The summed E-state index contributed by atoms with van der Waals surface area (Å²) in [6.07, 6.45) is 1.42. The maximum atomic E-state index is 12.3. The Morgan fingerprint density at radius 2 is 1.96 bits per heavy atom. The molecule has 2 aromatic carbocycles. The Hall–Kier alpha value is -3.55. The predicted octanol–water partition coefficient (Wildman–Crippen LogP) is 2.94. The van der Waals surface area contributed by atoms with Crippen molar-refractivity contribution in [2.24, 2.45) is 0 Å². The Morgan fingerprint density at radius 3 is 2.54 bits per heavy atom. The monoisotopic (exact) mass is 323 g/mol. The van der Waals surface area contributed by atoms with Gasteiger partial charge >= 0.3 is 0 Å². The fourth-order valence-corrected chi connectivity index (χ4v) is 2.27. The number of aromatic nitrogens is 3. The highest BCUT2D eigenvalue weighted by Crippen LogP contribution is 2.20. The number of nitro benzene ring substituents is 1. The van der Waals surface area contributed by atoms with E-state index in [9.17, 15) is 14.9 Å². The first kappa shape index (κ1) is 15.3. The van der Waals surface area contributed by atoms with Crippen LogP contribution in [0.1, 0.15) is 15.9 Å². The lowest BCUT2D eigenvalue weighted by Gasteiger charge is -2.08. The molecule has 0 saturated carbocycles. The molecule has 0 aliphatic heterocycles. The number of non-ortho nitro benzene ring substituents is 1. The maximum Gasteiger partial charge on any atom is 0.269 e. The van der Waals surface area contributed by atoms with Crippen LogP contribution in [0.25, 0.3) is 11.4 Å². The number of H-pyrrole nitrogens is 1. The van der Waals surface area contributed by atoms with Gasteiger partial charge in [-0.05, 0) is 42.8 Å². The fraction of sp³-hybridized carbons (Fsp3) is 0.0625. The molecule has 2 N–H and O–H groups in total. The van der Waals surface area contributed by atoms with E-state index < -0.39 is 4.92 Å². The smallest absolute Gasteiger partial charge is 0.269 e. The van der Waals surface area contributed by atoms with Gasteiger partial charge in [0.2, 0.25) is 0 Å². The van der Waals surface area contributed by atoms with E-state index in [1.165, 1.54) is 24.5 Å². The van der Waals surface area contributed by atoms with Crippen LogP contribution in [0.5, 0.6) is 0 Å². The lowest BCUT2D eigenvalue weighted by molar-refractivity contribution is -0.384. The van der Waals surface area contributed by atoms with E-state index in [0.29, 0.717) is 22.6 Å². The van der Waals surface area contributed by atoms with Gasteiger partial charge in [-0.1, -0.05) is 0 Å². The first-order valence-electron chi connectivity index (χ1n) is 7.07. The van der Waals surface area contributed by atoms with E-state index in [2.05, 4.69) is 20.5 Å². The molecule has 1 heterocycles. The molecule has 0 saturated heterocycles. The standard InChI is InChI=1S/C16H13N5O3/c1-10-8-13(21(23)24)6-7-14(10)16(22)19-12-4-2-11(3-5-12)15-17-9-18-20-15/h2-9H,1H3,(H,19,22)(H,17,18,20). The van der Waals surface area contributed by atoms with Gasteiger partial charge in [0.25, 0.3) is 11.6 Å². The minimum atomic E-state index is -0.489. The number of carbonyl (C=O) groups is 1. The summed E-state index contributed by atoms with van der Waals surface area (Å²) in [5, 5.41) is 20.1. The van der Waals surface area contributed by atoms with Crippen LogP contribution in [0.15, 0.2) is 48.8 Å². The summed E-state index contributed by atoms with van der Waals surface area (Å²) >= 11 is 0. The molecule has 8 heteroatoms. The third-order valence-corrected chi connectivity index (χ3v) is 3.50. The number of nitrogens with one attached hydrogen (secondary N) is 2. The van der Waals surface area contributed by atoms with Gasteiger partial charge in [-0.25, -0.2) is 4.98 Å². The van der Waals surface area contributed by atoms with Crippen molar-refractivity contribution in [3.05, 3.63) is 70.0 Å². The second-order valence-corrected chi connectivity index (χ2v) is 5.12. The van der Waals surface area contributed by atoms with Gasteiger partial charge in [0, 0.05) is 28.9 Å².